The minimum Gasteiger partial charge on any atom is -0.454 e. The normalized spacial score (nSPS) is 13.0. The van der Waals surface area contributed by atoms with Gasteiger partial charge in [-0.2, -0.15) is 4.31 Å². The van der Waals surface area contributed by atoms with Crippen LogP contribution in [0.4, 0.5) is 5.69 Å². The van der Waals surface area contributed by atoms with Gasteiger partial charge in [-0.1, -0.05) is 13.8 Å². The van der Waals surface area contributed by atoms with Gasteiger partial charge in [-0.25, -0.2) is 8.42 Å². The van der Waals surface area contributed by atoms with Crippen LogP contribution >= 0.6 is 0 Å². The van der Waals surface area contributed by atoms with E-state index in [0.717, 1.165) is 12.8 Å². The first-order valence-electron chi connectivity index (χ1n) is 9.27. The lowest BCUT2D eigenvalue weighted by Crippen LogP contribution is -2.32. The van der Waals surface area contributed by atoms with E-state index in [0.29, 0.717) is 35.8 Å². The van der Waals surface area contributed by atoms with Crippen molar-refractivity contribution < 1.29 is 22.7 Å². The zero-order valence-electron chi connectivity index (χ0n) is 16.0. The van der Waals surface area contributed by atoms with Gasteiger partial charge in [0.15, 0.2) is 11.5 Å². The molecule has 150 valence electrons. The predicted molar refractivity (Wildman–Crippen MR) is 106 cm³/mol. The highest BCUT2D eigenvalue weighted by Crippen LogP contribution is 2.34. The molecule has 0 radical (unpaired) electrons. The molecule has 1 amide bonds. The average molecular weight is 404 g/mol. The van der Waals surface area contributed by atoms with E-state index in [9.17, 15) is 13.2 Å². The van der Waals surface area contributed by atoms with Crippen molar-refractivity contribution in [2.45, 2.75) is 31.6 Å². The summed E-state index contributed by atoms with van der Waals surface area (Å²) in [6.45, 7) is 5.00. The van der Waals surface area contributed by atoms with Gasteiger partial charge in [0.2, 0.25) is 16.8 Å². The smallest absolute Gasteiger partial charge is 0.255 e. The maximum Gasteiger partial charge on any atom is 0.255 e. The summed E-state index contributed by atoms with van der Waals surface area (Å²) >= 11 is 0. The molecule has 1 aliphatic heterocycles. The van der Waals surface area contributed by atoms with E-state index < -0.39 is 10.0 Å². The van der Waals surface area contributed by atoms with E-state index in [-0.39, 0.29) is 17.6 Å². The van der Waals surface area contributed by atoms with Crippen LogP contribution in [0.15, 0.2) is 47.4 Å². The van der Waals surface area contributed by atoms with Gasteiger partial charge in [0, 0.05) is 30.4 Å². The number of nitrogens with one attached hydrogen (secondary N) is 1. The second kappa shape index (κ2) is 8.62. The number of hydrogen-bond acceptors (Lipinski definition) is 5. The Hall–Kier alpha value is -2.58. The zero-order chi connectivity index (χ0) is 20.1. The van der Waals surface area contributed by atoms with Crippen molar-refractivity contribution in [3.63, 3.8) is 0 Å². The molecule has 0 spiro atoms. The summed E-state index contributed by atoms with van der Waals surface area (Å²) in [7, 11) is -3.56. The topological polar surface area (TPSA) is 84.9 Å². The fourth-order valence-corrected chi connectivity index (χ4v) is 4.58. The summed E-state index contributed by atoms with van der Waals surface area (Å²) in [5.41, 5.74) is 0.942. The summed E-state index contributed by atoms with van der Waals surface area (Å²) in [5.74, 6) is 0.879. The fourth-order valence-electron chi connectivity index (χ4n) is 2.96. The number of carbonyl (C=O) groups is 1. The Morgan fingerprint density at radius 2 is 1.64 bits per heavy atom. The third-order valence-electron chi connectivity index (χ3n) is 4.33. The van der Waals surface area contributed by atoms with E-state index in [1.807, 2.05) is 13.8 Å². The van der Waals surface area contributed by atoms with Crippen LogP contribution in [0, 0.1) is 0 Å². The zero-order valence-corrected chi connectivity index (χ0v) is 16.8. The molecule has 0 bridgehead atoms. The number of fused-ring (bicyclic) bond motifs is 1. The Morgan fingerprint density at radius 1 is 1.00 bits per heavy atom. The van der Waals surface area contributed by atoms with Gasteiger partial charge in [-0.3, -0.25) is 4.79 Å². The van der Waals surface area contributed by atoms with Crippen LogP contribution in [-0.4, -0.2) is 38.5 Å². The molecule has 1 aliphatic rings. The lowest BCUT2D eigenvalue weighted by molar-refractivity contribution is 0.102. The molecular formula is C20H24N2O5S. The van der Waals surface area contributed by atoms with Crippen LogP contribution in [0.25, 0.3) is 0 Å². The number of hydrogen-bond donors (Lipinski definition) is 1. The number of rotatable bonds is 8. The highest BCUT2D eigenvalue weighted by Gasteiger charge is 2.23. The first-order chi connectivity index (χ1) is 13.5. The van der Waals surface area contributed by atoms with Gasteiger partial charge >= 0.3 is 0 Å². The van der Waals surface area contributed by atoms with Crippen molar-refractivity contribution >= 4 is 21.6 Å². The van der Waals surface area contributed by atoms with Crippen LogP contribution < -0.4 is 14.8 Å². The lowest BCUT2D eigenvalue weighted by Gasteiger charge is -2.21. The molecule has 7 nitrogen and oxygen atoms in total. The van der Waals surface area contributed by atoms with Crippen molar-refractivity contribution in [1.29, 1.82) is 0 Å². The molecule has 28 heavy (non-hydrogen) atoms. The Bertz CT molecular complexity index is 936. The summed E-state index contributed by atoms with van der Waals surface area (Å²) < 4.78 is 37.6. The van der Waals surface area contributed by atoms with Crippen LogP contribution in [-0.2, 0) is 10.0 Å². The molecular weight excluding hydrogens is 380 g/mol. The predicted octanol–water partition coefficient (Wildman–Crippen LogP) is 3.48. The van der Waals surface area contributed by atoms with E-state index in [2.05, 4.69) is 5.32 Å². The molecule has 0 aromatic heterocycles. The van der Waals surface area contributed by atoms with Gasteiger partial charge in [-0.15, -0.1) is 0 Å². The third-order valence-corrected chi connectivity index (χ3v) is 6.24. The van der Waals surface area contributed by atoms with Gasteiger partial charge in [0.25, 0.3) is 5.91 Å². The van der Waals surface area contributed by atoms with Gasteiger partial charge < -0.3 is 14.8 Å². The number of anilines is 1. The van der Waals surface area contributed by atoms with Gasteiger partial charge in [0.05, 0.1) is 4.90 Å². The number of sulfonamides is 1. The standard InChI is InChI=1S/C20H24N2O5S/c1-3-11-22(12-4-2)28(24,25)17-8-5-15(6-9-17)20(23)21-16-7-10-18-19(13-16)27-14-26-18/h5-10,13H,3-4,11-12,14H2,1-2H3,(H,21,23). The van der Waals surface area contributed by atoms with Crippen LogP contribution in [0.5, 0.6) is 11.5 Å². The maximum absolute atomic E-state index is 12.8. The van der Waals surface area contributed by atoms with E-state index >= 15 is 0 Å². The van der Waals surface area contributed by atoms with E-state index in [4.69, 9.17) is 9.47 Å². The minimum atomic E-state index is -3.56. The second-order valence-electron chi connectivity index (χ2n) is 6.45. The SMILES string of the molecule is CCCN(CCC)S(=O)(=O)c1ccc(C(=O)Nc2ccc3c(c2)OCO3)cc1. The molecule has 0 atom stereocenters. The van der Waals surface area contributed by atoms with Crippen molar-refractivity contribution in [3.05, 3.63) is 48.0 Å². The van der Waals surface area contributed by atoms with Crippen molar-refractivity contribution in [1.82, 2.24) is 4.31 Å². The van der Waals surface area contributed by atoms with Crippen molar-refractivity contribution in [3.8, 4) is 11.5 Å². The quantitative estimate of drug-likeness (QED) is 0.728. The van der Waals surface area contributed by atoms with Crippen molar-refractivity contribution in [2.75, 3.05) is 25.2 Å². The van der Waals surface area contributed by atoms with Crippen LogP contribution in [0.1, 0.15) is 37.0 Å². The van der Waals surface area contributed by atoms with Gasteiger partial charge in [-0.05, 0) is 49.2 Å². The van der Waals surface area contributed by atoms with Gasteiger partial charge in [0.1, 0.15) is 0 Å². The first-order valence-corrected chi connectivity index (χ1v) is 10.7. The Balaban J connectivity index is 1.73. The molecule has 0 fully saturated rings. The molecule has 0 saturated carbocycles. The van der Waals surface area contributed by atoms with E-state index in [1.165, 1.54) is 28.6 Å². The van der Waals surface area contributed by atoms with Crippen molar-refractivity contribution in [2.24, 2.45) is 0 Å². The number of ether oxygens (including phenoxy) is 2. The summed E-state index contributed by atoms with van der Waals surface area (Å²) in [6, 6.07) is 11.1. The van der Waals surface area contributed by atoms with Crippen LogP contribution in [0.3, 0.4) is 0 Å². The second-order valence-corrected chi connectivity index (χ2v) is 8.39. The average Bonchev–Trinajstić information content (AvgIpc) is 3.15. The lowest BCUT2D eigenvalue weighted by atomic mass is 10.2. The molecule has 0 saturated heterocycles. The monoisotopic (exact) mass is 404 g/mol. The minimum absolute atomic E-state index is 0.162. The number of nitrogens with zero attached hydrogens (tertiary/aromatic N) is 1. The number of carbonyl (C=O) groups excluding carboxylic acids is 1. The first kappa shape index (κ1) is 20.2. The Labute approximate surface area is 165 Å². The maximum atomic E-state index is 12.8. The number of amides is 1. The third kappa shape index (κ3) is 4.28. The van der Waals surface area contributed by atoms with Crippen LogP contribution in [0.2, 0.25) is 0 Å². The molecule has 0 aliphatic carbocycles. The molecule has 3 rings (SSSR count). The molecule has 2 aromatic carbocycles. The fraction of sp³-hybridized carbons (Fsp3) is 0.350. The molecule has 1 N–H and O–H groups in total. The largest absolute Gasteiger partial charge is 0.454 e. The summed E-state index contributed by atoms with van der Waals surface area (Å²) in [5, 5.41) is 2.78. The molecule has 2 aromatic rings. The summed E-state index contributed by atoms with van der Waals surface area (Å²) in [6.07, 6.45) is 1.49. The highest BCUT2D eigenvalue weighted by atomic mass is 32.2. The highest BCUT2D eigenvalue weighted by molar-refractivity contribution is 7.89. The molecule has 1 heterocycles. The summed E-state index contributed by atoms with van der Waals surface area (Å²) in [4.78, 5) is 12.7. The Kier molecular flexibility index (Phi) is 6.21. The number of benzene rings is 2. The molecule has 8 heteroatoms. The Morgan fingerprint density at radius 3 is 2.29 bits per heavy atom. The van der Waals surface area contributed by atoms with E-state index in [1.54, 1.807) is 18.2 Å². The molecule has 0 unspecified atom stereocenters.